The number of nitrogens with zero attached hydrogens (tertiary/aromatic N) is 4. The van der Waals surface area contributed by atoms with Gasteiger partial charge in [0, 0.05) is 58.2 Å². The summed E-state index contributed by atoms with van der Waals surface area (Å²) in [6.45, 7) is 6.52. The lowest BCUT2D eigenvalue weighted by atomic mass is 10.0. The molecule has 1 aromatic rings. The Kier molecular flexibility index (Phi) is 5.70. The van der Waals surface area contributed by atoms with Gasteiger partial charge in [0.25, 0.3) is 5.91 Å². The third kappa shape index (κ3) is 4.19. The van der Waals surface area contributed by atoms with Crippen LogP contribution in [-0.2, 0) is 16.1 Å². The summed E-state index contributed by atoms with van der Waals surface area (Å²) in [5.74, 6) is -0.781. The first-order chi connectivity index (χ1) is 12.1. The highest BCUT2D eigenvalue weighted by Gasteiger charge is 2.33. The normalized spacial score (nSPS) is 23.4. The van der Waals surface area contributed by atoms with E-state index in [1.807, 2.05) is 6.92 Å². The third-order valence-electron chi connectivity index (χ3n) is 5.15. The molecule has 1 atom stereocenters. The van der Waals surface area contributed by atoms with Crippen LogP contribution in [-0.4, -0.2) is 76.8 Å². The van der Waals surface area contributed by atoms with Crippen LogP contribution >= 0.6 is 0 Å². The number of aromatic nitrogens is 2. The number of hydrogen-bond donors (Lipinski definition) is 1. The van der Waals surface area contributed by atoms with Gasteiger partial charge in [0.15, 0.2) is 0 Å². The minimum Gasteiger partial charge on any atom is -0.381 e. The summed E-state index contributed by atoms with van der Waals surface area (Å²) >= 11 is 0. The Bertz CT molecular complexity index is 611. The maximum Gasteiger partial charge on any atom is 0.257 e. The Morgan fingerprint density at radius 2 is 2.04 bits per heavy atom. The highest BCUT2D eigenvalue weighted by Crippen LogP contribution is 2.20. The summed E-state index contributed by atoms with van der Waals surface area (Å²) in [5, 5.41) is 4.17. The Labute approximate surface area is 147 Å². The Morgan fingerprint density at radius 3 is 2.68 bits per heavy atom. The number of hydrogen-bond acceptors (Lipinski definition) is 5. The minimum absolute atomic E-state index is 0.0835. The zero-order chi connectivity index (χ0) is 17.8. The highest BCUT2D eigenvalue weighted by atomic mass is 16.5. The molecule has 0 aliphatic carbocycles. The van der Waals surface area contributed by atoms with E-state index >= 15 is 0 Å². The topological polar surface area (TPSA) is 93.7 Å². The molecular formula is C17H27N5O3. The molecule has 8 nitrogen and oxygen atoms in total. The van der Waals surface area contributed by atoms with Crippen LogP contribution in [0.4, 0.5) is 0 Å². The van der Waals surface area contributed by atoms with Crippen LogP contribution in [0.5, 0.6) is 0 Å². The van der Waals surface area contributed by atoms with Gasteiger partial charge in [-0.1, -0.05) is 0 Å². The molecule has 2 N–H and O–H groups in total. The number of aryl methyl sites for hydroxylation is 1. The molecule has 1 aromatic heterocycles. The van der Waals surface area contributed by atoms with Gasteiger partial charge in [-0.05, 0) is 19.8 Å². The van der Waals surface area contributed by atoms with E-state index in [0.29, 0.717) is 37.8 Å². The van der Waals surface area contributed by atoms with E-state index in [-0.39, 0.29) is 17.7 Å². The second-order valence-electron chi connectivity index (χ2n) is 6.77. The Morgan fingerprint density at radius 1 is 1.28 bits per heavy atom. The summed E-state index contributed by atoms with van der Waals surface area (Å²) in [6.07, 6.45) is 5.26. The van der Waals surface area contributed by atoms with E-state index in [1.165, 1.54) is 0 Å². The maximum atomic E-state index is 12.8. The number of carbonyl (C=O) groups excluding carboxylic acids is 2. The summed E-state index contributed by atoms with van der Waals surface area (Å²) in [6, 6.07) is 0.397. The number of ether oxygens (including phenoxy) is 1. The average molecular weight is 349 g/mol. The molecular weight excluding hydrogens is 322 g/mol. The monoisotopic (exact) mass is 349 g/mol. The zero-order valence-electron chi connectivity index (χ0n) is 14.8. The molecule has 2 saturated heterocycles. The smallest absolute Gasteiger partial charge is 0.257 e. The van der Waals surface area contributed by atoms with Crippen molar-refractivity contribution in [3.8, 4) is 0 Å². The highest BCUT2D eigenvalue weighted by molar-refractivity contribution is 5.94. The lowest BCUT2D eigenvalue weighted by Gasteiger charge is -2.34. The lowest BCUT2D eigenvalue weighted by molar-refractivity contribution is -0.122. The van der Waals surface area contributed by atoms with Gasteiger partial charge in [-0.3, -0.25) is 19.2 Å². The van der Waals surface area contributed by atoms with Crippen LogP contribution < -0.4 is 5.73 Å². The summed E-state index contributed by atoms with van der Waals surface area (Å²) in [4.78, 5) is 28.8. The lowest BCUT2D eigenvalue weighted by Crippen LogP contribution is -2.44. The predicted octanol–water partition coefficient (Wildman–Crippen LogP) is -0.0587. The van der Waals surface area contributed by atoms with Gasteiger partial charge in [0.2, 0.25) is 5.91 Å². The molecule has 0 bridgehead atoms. The molecule has 3 rings (SSSR count). The molecule has 2 aliphatic heterocycles. The average Bonchev–Trinajstić information content (AvgIpc) is 3.00. The fourth-order valence-corrected chi connectivity index (χ4v) is 3.61. The second kappa shape index (κ2) is 7.97. The first kappa shape index (κ1) is 17.9. The molecule has 138 valence electrons. The van der Waals surface area contributed by atoms with E-state index in [1.54, 1.807) is 22.0 Å². The van der Waals surface area contributed by atoms with E-state index in [0.717, 1.165) is 32.6 Å². The van der Waals surface area contributed by atoms with Gasteiger partial charge in [0.05, 0.1) is 17.7 Å². The molecule has 8 heteroatoms. The van der Waals surface area contributed by atoms with Gasteiger partial charge >= 0.3 is 0 Å². The molecule has 0 radical (unpaired) electrons. The number of amides is 2. The number of rotatable bonds is 4. The van der Waals surface area contributed by atoms with Gasteiger partial charge < -0.3 is 15.4 Å². The van der Waals surface area contributed by atoms with Crippen LogP contribution in [0.1, 0.15) is 30.1 Å². The summed E-state index contributed by atoms with van der Waals surface area (Å²) in [5.41, 5.74) is 6.17. The van der Waals surface area contributed by atoms with Crippen LogP contribution in [0.3, 0.4) is 0 Å². The Balaban J connectivity index is 1.72. The van der Waals surface area contributed by atoms with Gasteiger partial charge in [0.1, 0.15) is 0 Å². The first-order valence-corrected chi connectivity index (χ1v) is 9.01. The first-order valence-electron chi connectivity index (χ1n) is 9.01. The molecule has 2 aliphatic rings. The van der Waals surface area contributed by atoms with Gasteiger partial charge in [-0.2, -0.15) is 5.10 Å². The maximum absolute atomic E-state index is 12.8. The summed E-state index contributed by atoms with van der Waals surface area (Å²) in [7, 11) is 0. The van der Waals surface area contributed by atoms with Crippen LogP contribution in [0.15, 0.2) is 12.4 Å². The minimum atomic E-state index is -0.351. The van der Waals surface area contributed by atoms with Crippen molar-refractivity contribution in [2.45, 2.75) is 32.4 Å². The van der Waals surface area contributed by atoms with Crippen molar-refractivity contribution in [1.29, 1.82) is 0 Å². The molecule has 0 aromatic carbocycles. The molecule has 25 heavy (non-hydrogen) atoms. The molecule has 2 fully saturated rings. The Hall–Kier alpha value is -1.93. The molecule has 2 amide bonds. The van der Waals surface area contributed by atoms with Crippen LogP contribution in [0, 0.1) is 5.92 Å². The van der Waals surface area contributed by atoms with Crippen molar-refractivity contribution < 1.29 is 14.3 Å². The van der Waals surface area contributed by atoms with Crippen molar-refractivity contribution in [3.63, 3.8) is 0 Å². The largest absolute Gasteiger partial charge is 0.381 e. The number of primary amides is 1. The summed E-state index contributed by atoms with van der Waals surface area (Å²) < 4.78 is 7.16. The van der Waals surface area contributed by atoms with E-state index < -0.39 is 0 Å². The van der Waals surface area contributed by atoms with Gasteiger partial charge in [-0.25, -0.2) is 0 Å². The van der Waals surface area contributed by atoms with E-state index in [9.17, 15) is 9.59 Å². The second-order valence-corrected chi connectivity index (χ2v) is 6.77. The predicted molar refractivity (Wildman–Crippen MR) is 91.9 cm³/mol. The zero-order valence-corrected chi connectivity index (χ0v) is 14.8. The third-order valence-corrected chi connectivity index (χ3v) is 5.15. The molecule has 0 saturated carbocycles. The molecule has 0 unspecified atom stereocenters. The SMILES string of the molecule is CCn1cc(C(=O)N2CCN(C3CCOCC3)C[C@H](C(N)=O)C2)cn1. The number of nitrogens with two attached hydrogens (primary N) is 1. The van der Waals surface area contributed by atoms with Crippen molar-refractivity contribution >= 4 is 11.8 Å². The fraction of sp³-hybridized carbons (Fsp3) is 0.706. The molecule has 0 spiro atoms. The standard InChI is InChI=1S/C17H27N5O3/c1-2-22-12-13(9-19-22)17(24)21-6-5-20(10-14(11-21)16(18)23)15-3-7-25-8-4-15/h9,12,14-15H,2-8,10-11H2,1H3,(H2,18,23)/t14-/m0/s1. The van der Waals surface area contributed by atoms with Crippen LogP contribution in [0.25, 0.3) is 0 Å². The number of carbonyl (C=O) groups is 2. The van der Waals surface area contributed by atoms with Crippen molar-refractivity contribution in [1.82, 2.24) is 19.6 Å². The quantitative estimate of drug-likeness (QED) is 0.822. The van der Waals surface area contributed by atoms with Gasteiger partial charge in [-0.15, -0.1) is 0 Å². The van der Waals surface area contributed by atoms with Crippen molar-refractivity contribution in [2.75, 3.05) is 39.4 Å². The fourth-order valence-electron chi connectivity index (χ4n) is 3.61. The van der Waals surface area contributed by atoms with Crippen molar-refractivity contribution in [2.24, 2.45) is 11.7 Å². The van der Waals surface area contributed by atoms with E-state index in [2.05, 4.69) is 10.00 Å². The molecule has 3 heterocycles. The van der Waals surface area contributed by atoms with E-state index in [4.69, 9.17) is 10.5 Å². The van der Waals surface area contributed by atoms with Crippen LogP contribution in [0.2, 0.25) is 0 Å². The van der Waals surface area contributed by atoms with Crippen molar-refractivity contribution in [3.05, 3.63) is 18.0 Å².